The van der Waals surface area contributed by atoms with Crippen LogP contribution >= 0.6 is 0 Å². The van der Waals surface area contributed by atoms with E-state index < -0.39 is 10.0 Å². The molecule has 0 aromatic heterocycles. The Hall–Kier alpha value is -2.62. The van der Waals surface area contributed by atoms with Gasteiger partial charge in [-0.1, -0.05) is 36.5 Å². The van der Waals surface area contributed by atoms with Crippen molar-refractivity contribution in [3.8, 4) is 11.8 Å². The molecular weight excluding hydrogens is 372 g/mol. The molecule has 1 atom stereocenters. The molecule has 1 fully saturated rings. The van der Waals surface area contributed by atoms with Gasteiger partial charge in [-0.25, -0.2) is 8.42 Å². The number of hydrogen-bond donors (Lipinski definition) is 1. The number of carbonyl (C=O) groups excluding carboxylic acids is 1. The van der Waals surface area contributed by atoms with E-state index in [0.717, 1.165) is 24.8 Å². The molecule has 0 aliphatic carbocycles. The van der Waals surface area contributed by atoms with Crippen molar-refractivity contribution in [1.82, 2.24) is 9.62 Å². The molecular formula is C22H24N2O3S. The van der Waals surface area contributed by atoms with E-state index in [2.05, 4.69) is 17.2 Å². The largest absolute Gasteiger partial charge is 0.341 e. The fraction of sp³-hybridized carbons (Fsp3) is 0.318. The van der Waals surface area contributed by atoms with Crippen molar-refractivity contribution < 1.29 is 13.2 Å². The summed E-state index contributed by atoms with van der Waals surface area (Å²) in [5, 5.41) is 2.73. The van der Waals surface area contributed by atoms with Gasteiger partial charge in [0.1, 0.15) is 0 Å². The van der Waals surface area contributed by atoms with E-state index in [1.54, 1.807) is 16.4 Å². The van der Waals surface area contributed by atoms with Gasteiger partial charge < -0.3 is 5.32 Å². The highest BCUT2D eigenvalue weighted by atomic mass is 32.2. The number of piperidine rings is 1. The first-order valence-electron chi connectivity index (χ1n) is 9.42. The summed E-state index contributed by atoms with van der Waals surface area (Å²) in [6, 6.07) is 15.6. The first-order valence-corrected chi connectivity index (χ1v) is 10.9. The first-order chi connectivity index (χ1) is 13.5. The molecule has 3 rings (SSSR count). The summed E-state index contributed by atoms with van der Waals surface area (Å²) in [6.07, 6.45) is 2.82. The van der Waals surface area contributed by atoms with E-state index in [0.29, 0.717) is 12.1 Å². The van der Waals surface area contributed by atoms with Crippen molar-refractivity contribution in [2.24, 2.45) is 0 Å². The second kappa shape index (κ2) is 9.05. The SMILES string of the molecule is CC1CCCCN1S(=O)(=O)c1ccc(C(=O)NCC#Cc2ccccc2)cc1. The lowest BCUT2D eigenvalue weighted by Gasteiger charge is -2.32. The minimum atomic E-state index is -3.53. The summed E-state index contributed by atoms with van der Waals surface area (Å²) in [5.74, 6) is 5.59. The van der Waals surface area contributed by atoms with Crippen molar-refractivity contribution >= 4 is 15.9 Å². The standard InChI is InChI=1S/C22H24N2O3S/c1-18-8-5-6-17-24(18)28(26,27)21-14-12-20(13-15-21)22(25)23-16-7-11-19-9-3-2-4-10-19/h2-4,9-10,12-15,18H,5-6,8,16-17H2,1H3,(H,23,25). The molecule has 2 aromatic carbocycles. The van der Waals surface area contributed by atoms with Crippen molar-refractivity contribution in [2.45, 2.75) is 37.1 Å². The molecule has 1 heterocycles. The number of hydrogen-bond acceptors (Lipinski definition) is 3. The Balaban J connectivity index is 1.62. The smallest absolute Gasteiger partial charge is 0.252 e. The lowest BCUT2D eigenvalue weighted by molar-refractivity contribution is 0.0958. The lowest BCUT2D eigenvalue weighted by Crippen LogP contribution is -2.41. The third-order valence-electron chi connectivity index (χ3n) is 4.81. The van der Waals surface area contributed by atoms with Gasteiger partial charge in [0.05, 0.1) is 11.4 Å². The van der Waals surface area contributed by atoms with Gasteiger partial charge in [0.25, 0.3) is 5.91 Å². The summed E-state index contributed by atoms with van der Waals surface area (Å²) in [5.41, 5.74) is 1.30. The van der Waals surface area contributed by atoms with Crippen LogP contribution in [0.1, 0.15) is 42.1 Å². The van der Waals surface area contributed by atoms with E-state index >= 15 is 0 Å². The van der Waals surface area contributed by atoms with E-state index in [1.165, 1.54) is 12.1 Å². The molecule has 0 bridgehead atoms. The number of nitrogens with zero attached hydrogens (tertiary/aromatic N) is 1. The van der Waals surface area contributed by atoms with Crippen LogP contribution in [0.25, 0.3) is 0 Å². The van der Waals surface area contributed by atoms with Crippen molar-refractivity contribution in [1.29, 1.82) is 0 Å². The molecule has 1 N–H and O–H groups in total. The summed E-state index contributed by atoms with van der Waals surface area (Å²) < 4.78 is 27.2. The van der Waals surface area contributed by atoms with Gasteiger partial charge in [-0.3, -0.25) is 4.79 Å². The zero-order chi connectivity index (χ0) is 20.0. The minimum Gasteiger partial charge on any atom is -0.341 e. The Morgan fingerprint density at radius 2 is 1.82 bits per heavy atom. The van der Waals surface area contributed by atoms with Gasteiger partial charge in [0.2, 0.25) is 10.0 Å². The predicted molar refractivity (Wildman–Crippen MR) is 109 cm³/mol. The molecule has 1 amide bonds. The number of sulfonamides is 1. The van der Waals surface area contributed by atoms with E-state index in [9.17, 15) is 13.2 Å². The topological polar surface area (TPSA) is 66.5 Å². The van der Waals surface area contributed by atoms with Gasteiger partial charge in [-0.05, 0) is 56.2 Å². The van der Waals surface area contributed by atoms with Crippen LogP contribution < -0.4 is 5.32 Å². The Bertz CT molecular complexity index is 974. The van der Waals surface area contributed by atoms with Gasteiger partial charge in [0, 0.05) is 23.7 Å². The molecule has 6 heteroatoms. The normalized spacial score (nSPS) is 17.4. The van der Waals surface area contributed by atoms with E-state index in [1.807, 2.05) is 37.3 Å². The zero-order valence-electron chi connectivity index (χ0n) is 15.9. The molecule has 0 radical (unpaired) electrons. The highest BCUT2D eigenvalue weighted by Gasteiger charge is 2.30. The maximum Gasteiger partial charge on any atom is 0.252 e. The number of carbonyl (C=O) groups is 1. The molecule has 1 saturated heterocycles. The van der Waals surface area contributed by atoms with Crippen LogP contribution in [0.4, 0.5) is 0 Å². The van der Waals surface area contributed by atoms with Crippen LogP contribution in [0.3, 0.4) is 0 Å². The fourth-order valence-corrected chi connectivity index (χ4v) is 4.94. The molecule has 1 aliphatic rings. The maximum atomic E-state index is 12.8. The number of nitrogens with one attached hydrogen (secondary N) is 1. The van der Waals surface area contributed by atoms with Gasteiger partial charge >= 0.3 is 0 Å². The molecule has 5 nitrogen and oxygen atoms in total. The molecule has 2 aromatic rings. The van der Waals surface area contributed by atoms with Crippen LogP contribution in [-0.4, -0.2) is 37.8 Å². The molecule has 0 saturated carbocycles. The van der Waals surface area contributed by atoms with Crippen LogP contribution in [-0.2, 0) is 10.0 Å². The van der Waals surface area contributed by atoms with Crippen LogP contribution in [0.15, 0.2) is 59.5 Å². The Morgan fingerprint density at radius 1 is 1.11 bits per heavy atom. The molecule has 0 spiro atoms. The Labute approximate surface area is 166 Å². The Morgan fingerprint density at radius 3 is 2.50 bits per heavy atom. The highest BCUT2D eigenvalue weighted by Crippen LogP contribution is 2.25. The zero-order valence-corrected chi connectivity index (χ0v) is 16.7. The average molecular weight is 397 g/mol. The molecule has 28 heavy (non-hydrogen) atoms. The predicted octanol–water partition coefficient (Wildman–Crippen LogP) is 3.03. The molecule has 1 aliphatic heterocycles. The van der Waals surface area contributed by atoms with Crippen molar-refractivity contribution in [3.05, 3.63) is 65.7 Å². The summed E-state index contributed by atoms with van der Waals surface area (Å²) in [4.78, 5) is 12.5. The van der Waals surface area contributed by atoms with E-state index in [4.69, 9.17) is 0 Å². The average Bonchev–Trinajstić information content (AvgIpc) is 2.72. The Kier molecular flexibility index (Phi) is 6.50. The summed E-state index contributed by atoms with van der Waals surface area (Å²) >= 11 is 0. The van der Waals surface area contributed by atoms with Crippen LogP contribution in [0, 0.1) is 11.8 Å². The fourth-order valence-electron chi connectivity index (χ4n) is 3.24. The first kappa shape index (κ1) is 20.1. The monoisotopic (exact) mass is 396 g/mol. The second-order valence-corrected chi connectivity index (χ2v) is 8.73. The third kappa shape index (κ3) is 4.80. The number of rotatable bonds is 4. The summed E-state index contributed by atoms with van der Waals surface area (Å²) in [6.45, 7) is 2.71. The van der Waals surface area contributed by atoms with Gasteiger partial charge in [-0.2, -0.15) is 4.31 Å². The maximum absolute atomic E-state index is 12.8. The quantitative estimate of drug-likeness (QED) is 0.808. The lowest BCUT2D eigenvalue weighted by atomic mass is 10.1. The van der Waals surface area contributed by atoms with Crippen molar-refractivity contribution in [2.75, 3.05) is 13.1 Å². The van der Waals surface area contributed by atoms with Crippen LogP contribution in [0.2, 0.25) is 0 Å². The third-order valence-corrected chi connectivity index (χ3v) is 6.84. The minimum absolute atomic E-state index is 0.00455. The van der Waals surface area contributed by atoms with Crippen LogP contribution in [0.5, 0.6) is 0 Å². The van der Waals surface area contributed by atoms with Gasteiger partial charge in [-0.15, -0.1) is 0 Å². The number of amides is 1. The number of benzene rings is 2. The van der Waals surface area contributed by atoms with E-state index in [-0.39, 0.29) is 23.4 Å². The van der Waals surface area contributed by atoms with Gasteiger partial charge in [0.15, 0.2) is 0 Å². The second-order valence-electron chi connectivity index (χ2n) is 6.84. The van der Waals surface area contributed by atoms with Crippen molar-refractivity contribution in [3.63, 3.8) is 0 Å². The summed E-state index contributed by atoms with van der Waals surface area (Å²) in [7, 11) is -3.53. The molecule has 146 valence electrons. The highest BCUT2D eigenvalue weighted by molar-refractivity contribution is 7.89. The molecule has 1 unspecified atom stereocenters.